The molecular weight excluding hydrogens is 659 g/mol. The molecule has 1 atom stereocenters. The van der Waals surface area contributed by atoms with Crippen LogP contribution in [0, 0.1) is 0 Å². The maximum Gasteiger partial charge on any atom is 2.00 e. The molecule has 2 aromatic rings. The maximum atomic E-state index is 5.27. The predicted molar refractivity (Wildman–Crippen MR) is 162 cm³/mol. The molecule has 3 aliphatic rings. The monoisotopic (exact) mass is 701 g/mol. The third-order valence-electron chi connectivity index (χ3n) is 8.82. The fourth-order valence-electron chi connectivity index (χ4n) is 6.64. The minimum atomic E-state index is 0. The van der Waals surface area contributed by atoms with Gasteiger partial charge in [-0.2, -0.15) is 5.69 Å². The molecule has 3 aliphatic heterocycles. The van der Waals surface area contributed by atoms with Gasteiger partial charge in [-0.3, -0.25) is 4.99 Å². The van der Waals surface area contributed by atoms with Crippen molar-refractivity contribution in [3.8, 4) is 0 Å². The van der Waals surface area contributed by atoms with Gasteiger partial charge in [0.25, 0.3) is 0 Å². The molecule has 0 spiro atoms. The summed E-state index contributed by atoms with van der Waals surface area (Å²) in [5, 5.41) is 2.13. The van der Waals surface area contributed by atoms with Crippen LogP contribution in [0.1, 0.15) is 102 Å². The second-order valence-electron chi connectivity index (χ2n) is 10.7. The van der Waals surface area contributed by atoms with Crippen molar-refractivity contribution >= 4 is 29.7 Å². The van der Waals surface area contributed by atoms with Crippen molar-refractivity contribution in [3.05, 3.63) is 72.3 Å². The molecule has 208 valence electrons. The van der Waals surface area contributed by atoms with E-state index in [0.29, 0.717) is 0 Å². The SMILES string of the molecule is CCC1=C(CC)/C2=C/c3[n-]c(c(CC)c3CC)CC3N=C(/C=c4\[n-]/c(c(CC)c4CC)=C\C1=N2)C(C)=C3C.[Pt+2]. The number of aromatic nitrogens is 2. The Hall–Kier alpha value is -2.45. The molecule has 5 heterocycles. The van der Waals surface area contributed by atoms with Crippen molar-refractivity contribution in [2.75, 3.05) is 0 Å². The first-order valence-corrected chi connectivity index (χ1v) is 14.7. The Labute approximate surface area is 248 Å². The number of nitrogens with zero attached hydrogens (tertiary/aromatic N) is 4. The standard InChI is InChI=1S/C34H42N4.Pt/c1-9-21-23(11-3)31-17-33-25(13-5)26(14-6)34(38-33)18-32-24(12-4)22(10-2)30(37-32)16-28-20(8)19(7)27(35-28)15-29(21)36-31;/h15,17-18,28H,9-14,16H2,1-8H3;/q-2;+2/b29-15-,31-17-,34-18-;. The number of aliphatic imine (C=N–C) groups is 2. The number of fused-ring (bicyclic) bond motifs is 6. The third-order valence-corrected chi connectivity index (χ3v) is 8.82. The van der Waals surface area contributed by atoms with Gasteiger partial charge < -0.3 is 9.97 Å². The van der Waals surface area contributed by atoms with Gasteiger partial charge in [-0.15, -0.1) is 16.4 Å². The minimum absolute atomic E-state index is 0. The first kappa shape index (κ1) is 29.5. The van der Waals surface area contributed by atoms with E-state index in [9.17, 15) is 0 Å². The van der Waals surface area contributed by atoms with Crippen molar-refractivity contribution < 1.29 is 21.1 Å². The van der Waals surface area contributed by atoms with E-state index in [0.717, 1.165) is 78.5 Å². The van der Waals surface area contributed by atoms with E-state index in [1.807, 2.05) is 0 Å². The van der Waals surface area contributed by atoms with Crippen LogP contribution in [-0.2, 0) is 53.2 Å². The van der Waals surface area contributed by atoms with Gasteiger partial charge in [-0.05, 0) is 81.1 Å². The first-order valence-electron chi connectivity index (χ1n) is 14.7. The van der Waals surface area contributed by atoms with Crippen LogP contribution >= 0.6 is 0 Å². The van der Waals surface area contributed by atoms with Crippen molar-refractivity contribution in [1.82, 2.24) is 9.97 Å². The maximum absolute atomic E-state index is 5.27. The van der Waals surface area contributed by atoms with E-state index in [1.165, 1.54) is 50.2 Å². The Balaban J connectivity index is 0.00000353. The molecule has 0 aliphatic carbocycles. The summed E-state index contributed by atoms with van der Waals surface area (Å²) in [6.07, 6.45) is 13.4. The molecule has 0 N–H and O–H groups in total. The molecule has 0 saturated heterocycles. The minimum Gasteiger partial charge on any atom is -0.661 e. The van der Waals surface area contributed by atoms with Gasteiger partial charge in [0.15, 0.2) is 0 Å². The predicted octanol–water partition coefficient (Wildman–Crippen LogP) is 5.74. The molecule has 5 heteroatoms. The molecule has 2 aromatic heterocycles. The van der Waals surface area contributed by atoms with E-state index >= 15 is 0 Å². The van der Waals surface area contributed by atoms with E-state index in [1.54, 1.807) is 0 Å². The molecule has 0 radical (unpaired) electrons. The Morgan fingerprint density at radius 2 is 1.28 bits per heavy atom. The zero-order chi connectivity index (χ0) is 27.1. The molecule has 0 fully saturated rings. The number of rotatable bonds is 6. The zero-order valence-corrected chi connectivity index (χ0v) is 27.1. The summed E-state index contributed by atoms with van der Waals surface area (Å²) in [5.41, 5.74) is 16.3. The third kappa shape index (κ3) is 4.99. The van der Waals surface area contributed by atoms with E-state index < -0.39 is 0 Å². The molecule has 39 heavy (non-hydrogen) atoms. The number of hydrogen-bond acceptors (Lipinski definition) is 2. The van der Waals surface area contributed by atoms with E-state index in [2.05, 4.69) is 73.6 Å². The summed E-state index contributed by atoms with van der Waals surface area (Å²) in [6, 6.07) is 0.130. The van der Waals surface area contributed by atoms with Crippen molar-refractivity contribution in [2.24, 2.45) is 9.98 Å². The summed E-state index contributed by atoms with van der Waals surface area (Å²) in [5.74, 6) is 0. The van der Waals surface area contributed by atoms with Gasteiger partial charge in [0.05, 0.1) is 23.2 Å². The average molecular weight is 702 g/mol. The van der Waals surface area contributed by atoms with Crippen molar-refractivity contribution in [2.45, 2.75) is 106 Å². The van der Waals surface area contributed by atoms with Crippen molar-refractivity contribution in [1.29, 1.82) is 0 Å². The van der Waals surface area contributed by atoms with Crippen LogP contribution < -0.4 is 20.7 Å². The smallest absolute Gasteiger partial charge is 0.661 e. The summed E-state index contributed by atoms with van der Waals surface area (Å²) in [6.45, 7) is 17.9. The molecule has 0 aromatic carbocycles. The first-order chi connectivity index (χ1) is 18.4. The summed E-state index contributed by atoms with van der Waals surface area (Å²) in [7, 11) is 0. The van der Waals surface area contributed by atoms with Gasteiger partial charge in [0.1, 0.15) is 0 Å². The summed E-state index contributed by atoms with van der Waals surface area (Å²) in [4.78, 5) is 21.0. The second-order valence-corrected chi connectivity index (χ2v) is 10.7. The zero-order valence-electron chi connectivity index (χ0n) is 24.9. The number of hydrogen-bond donors (Lipinski definition) is 0. The molecule has 0 saturated carbocycles. The van der Waals surface area contributed by atoms with Crippen molar-refractivity contribution in [3.63, 3.8) is 0 Å². The van der Waals surface area contributed by atoms with E-state index in [-0.39, 0.29) is 27.1 Å². The van der Waals surface area contributed by atoms with Crippen LogP contribution in [-0.4, -0.2) is 17.5 Å². The quantitative estimate of drug-likeness (QED) is 0.386. The van der Waals surface area contributed by atoms with Gasteiger partial charge in [-0.25, -0.2) is 4.99 Å². The Morgan fingerprint density at radius 3 is 1.85 bits per heavy atom. The largest absolute Gasteiger partial charge is 2.00 e. The summed E-state index contributed by atoms with van der Waals surface area (Å²) < 4.78 is 0. The normalized spacial score (nSPS) is 21.5. The molecule has 0 amide bonds. The Morgan fingerprint density at radius 1 is 0.692 bits per heavy atom. The second kappa shape index (κ2) is 12.0. The summed E-state index contributed by atoms with van der Waals surface area (Å²) >= 11 is 0. The molecule has 5 rings (SSSR count). The van der Waals surface area contributed by atoms with Crippen LogP contribution in [0.4, 0.5) is 0 Å². The van der Waals surface area contributed by atoms with Crippen LogP contribution in [0.5, 0.6) is 0 Å². The Kier molecular flexibility index (Phi) is 9.06. The average Bonchev–Trinajstić information content (AvgIpc) is 3.61. The number of allylic oxidation sites excluding steroid dienone is 3. The van der Waals surface area contributed by atoms with Gasteiger partial charge in [-0.1, -0.05) is 82.0 Å². The molecule has 1 unspecified atom stereocenters. The van der Waals surface area contributed by atoms with Crippen LogP contribution in [0.2, 0.25) is 0 Å². The molecule has 8 bridgehead atoms. The van der Waals surface area contributed by atoms with Gasteiger partial charge in [0.2, 0.25) is 0 Å². The fraction of sp³-hybridized carbons (Fsp3) is 0.471. The van der Waals surface area contributed by atoms with Gasteiger partial charge in [0, 0.05) is 0 Å². The van der Waals surface area contributed by atoms with E-state index in [4.69, 9.17) is 20.0 Å². The molecule has 4 nitrogen and oxygen atoms in total. The van der Waals surface area contributed by atoms with Crippen LogP contribution in [0.15, 0.2) is 38.0 Å². The van der Waals surface area contributed by atoms with Gasteiger partial charge >= 0.3 is 21.1 Å². The van der Waals surface area contributed by atoms with Crippen LogP contribution in [0.3, 0.4) is 0 Å². The topological polar surface area (TPSA) is 52.9 Å². The molecular formula is C34H42N4Pt. The Bertz CT molecular complexity index is 1570. The fourth-order valence-corrected chi connectivity index (χ4v) is 6.64. The van der Waals surface area contributed by atoms with Crippen LogP contribution in [0.25, 0.3) is 18.2 Å².